The number of carbonyl (C=O) groups excluding carboxylic acids is 2. The van der Waals surface area contributed by atoms with Gasteiger partial charge in [0.15, 0.2) is 5.82 Å². The van der Waals surface area contributed by atoms with Gasteiger partial charge in [0, 0.05) is 38.9 Å². The number of nitrogens with one attached hydrogen (secondary N) is 1. The summed E-state index contributed by atoms with van der Waals surface area (Å²) in [6.07, 6.45) is 2.35. The highest BCUT2D eigenvalue weighted by molar-refractivity contribution is 5.83. The summed E-state index contributed by atoms with van der Waals surface area (Å²) in [4.78, 5) is 29.6. The molecular formula is C14H22N4O3. The molecule has 21 heavy (non-hydrogen) atoms. The SMILES string of the molecule is CCc1noc(CCNC(=O)[C@H]2CCC(=O)N(CC)C2)n1. The van der Waals surface area contributed by atoms with Crippen LogP contribution in [0.1, 0.15) is 38.4 Å². The van der Waals surface area contributed by atoms with Crippen molar-refractivity contribution in [2.75, 3.05) is 19.6 Å². The second kappa shape index (κ2) is 7.19. The van der Waals surface area contributed by atoms with Crippen LogP contribution in [0.15, 0.2) is 4.52 Å². The molecule has 0 aromatic carbocycles. The van der Waals surface area contributed by atoms with Crippen LogP contribution in [0.3, 0.4) is 0 Å². The molecule has 0 bridgehead atoms. The zero-order chi connectivity index (χ0) is 15.2. The highest BCUT2D eigenvalue weighted by Gasteiger charge is 2.29. The van der Waals surface area contributed by atoms with Crippen molar-refractivity contribution in [3.05, 3.63) is 11.7 Å². The fourth-order valence-corrected chi connectivity index (χ4v) is 2.41. The molecule has 2 rings (SSSR count). The second-order valence-corrected chi connectivity index (χ2v) is 5.17. The summed E-state index contributed by atoms with van der Waals surface area (Å²) >= 11 is 0. The molecule has 1 aromatic rings. The number of likely N-dealkylation sites (tertiary alicyclic amines) is 1. The lowest BCUT2D eigenvalue weighted by molar-refractivity contribution is -0.138. The molecule has 0 unspecified atom stereocenters. The molecule has 1 N–H and O–H groups in total. The molecule has 2 amide bonds. The van der Waals surface area contributed by atoms with Gasteiger partial charge >= 0.3 is 0 Å². The van der Waals surface area contributed by atoms with Gasteiger partial charge < -0.3 is 14.7 Å². The first-order valence-electron chi connectivity index (χ1n) is 7.51. The first-order chi connectivity index (χ1) is 10.1. The minimum atomic E-state index is -0.114. The van der Waals surface area contributed by atoms with Gasteiger partial charge in [0.1, 0.15) is 0 Å². The Morgan fingerprint density at radius 3 is 2.95 bits per heavy atom. The summed E-state index contributed by atoms with van der Waals surface area (Å²) in [5.41, 5.74) is 0. The van der Waals surface area contributed by atoms with Crippen molar-refractivity contribution in [1.82, 2.24) is 20.4 Å². The average Bonchev–Trinajstić information content (AvgIpc) is 2.95. The van der Waals surface area contributed by atoms with E-state index < -0.39 is 0 Å². The first kappa shape index (κ1) is 15.5. The number of hydrogen-bond donors (Lipinski definition) is 1. The van der Waals surface area contributed by atoms with Crippen LogP contribution in [0.4, 0.5) is 0 Å². The van der Waals surface area contributed by atoms with E-state index in [9.17, 15) is 9.59 Å². The third kappa shape index (κ3) is 4.03. The minimum Gasteiger partial charge on any atom is -0.355 e. The third-order valence-electron chi connectivity index (χ3n) is 3.72. The fraction of sp³-hybridized carbons (Fsp3) is 0.714. The van der Waals surface area contributed by atoms with Gasteiger partial charge in [-0.1, -0.05) is 12.1 Å². The van der Waals surface area contributed by atoms with Gasteiger partial charge in [-0.3, -0.25) is 9.59 Å². The van der Waals surface area contributed by atoms with Gasteiger partial charge in [0.2, 0.25) is 17.7 Å². The Morgan fingerprint density at radius 2 is 2.29 bits per heavy atom. The fourth-order valence-electron chi connectivity index (χ4n) is 2.41. The van der Waals surface area contributed by atoms with Crippen molar-refractivity contribution < 1.29 is 14.1 Å². The lowest BCUT2D eigenvalue weighted by Crippen LogP contribution is -2.45. The highest BCUT2D eigenvalue weighted by Crippen LogP contribution is 2.17. The predicted molar refractivity (Wildman–Crippen MR) is 75.4 cm³/mol. The molecule has 0 aliphatic carbocycles. The Hall–Kier alpha value is -1.92. The standard InChI is InChI=1S/C14H22N4O3/c1-3-11-16-12(21-17-11)7-8-15-14(20)10-5-6-13(19)18(4-2)9-10/h10H,3-9H2,1-2H3,(H,15,20)/t10-/m0/s1. The largest absolute Gasteiger partial charge is 0.355 e. The molecule has 0 radical (unpaired) electrons. The van der Waals surface area contributed by atoms with Crippen molar-refractivity contribution in [3.63, 3.8) is 0 Å². The number of rotatable bonds is 6. The molecule has 0 saturated carbocycles. The molecule has 1 aliphatic heterocycles. The molecule has 1 saturated heterocycles. The number of aryl methyl sites for hydroxylation is 1. The topological polar surface area (TPSA) is 88.3 Å². The van der Waals surface area contributed by atoms with E-state index in [2.05, 4.69) is 15.5 Å². The maximum Gasteiger partial charge on any atom is 0.228 e. The van der Waals surface area contributed by atoms with Crippen LogP contribution in [-0.2, 0) is 22.4 Å². The number of hydrogen-bond acceptors (Lipinski definition) is 5. The summed E-state index contributed by atoms with van der Waals surface area (Å²) < 4.78 is 5.07. The van der Waals surface area contributed by atoms with Gasteiger partial charge in [-0.05, 0) is 13.3 Å². The van der Waals surface area contributed by atoms with Crippen LogP contribution in [0, 0.1) is 5.92 Å². The van der Waals surface area contributed by atoms with E-state index in [0.717, 1.165) is 6.42 Å². The maximum absolute atomic E-state index is 12.1. The smallest absolute Gasteiger partial charge is 0.228 e. The summed E-state index contributed by atoms with van der Waals surface area (Å²) in [6.45, 7) is 5.53. The summed E-state index contributed by atoms with van der Waals surface area (Å²) in [5.74, 6) is 1.24. The minimum absolute atomic E-state index is 0.00354. The van der Waals surface area contributed by atoms with E-state index in [1.165, 1.54) is 0 Å². The summed E-state index contributed by atoms with van der Waals surface area (Å²) in [5, 5.41) is 6.69. The average molecular weight is 294 g/mol. The van der Waals surface area contributed by atoms with E-state index >= 15 is 0 Å². The van der Waals surface area contributed by atoms with Crippen molar-refractivity contribution in [1.29, 1.82) is 0 Å². The van der Waals surface area contributed by atoms with Crippen molar-refractivity contribution >= 4 is 11.8 Å². The molecule has 2 heterocycles. The van der Waals surface area contributed by atoms with Gasteiger partial charge in [-0.15, -0.1) is 0 Å². The Labute approximate surface area is 124 Å². The van der Waals surface area contributed by atoms with Gasteiger partial charge in [-0.25, -0.2) is 0 Å². The monoisotopic (exact) mass is 294 g/mol. The predicted octanol–water partition coefficient (Wildman–Crippen LogP) is 0.549. The third-order valence-corrected chi connectivity index (χ3v) is 3.72. The summed E-state index contributed by atoms with van der Waals surface area (Å²) in [7, 11) is 0. The molecule has 1 atom stereocenters. The first-order valence-corrected chi connectivity index (χ1v) is 7.51. The van der Waals surface area contributed by atoms with E-state index in [4.69, 9.17) is 4.52 Å². The van der Waals surface area contributed by atoms with Crippen LogP contribution in [0.2, 0.25) is 0 Å². The number of piperidine rings is 1. The number of aromatic nitrogens is 2. The lowest BCUT2D eigenvalue weighted by atomic mass is 9.96. The number of carbonyl (C=O) groups is 2. The molecule has 1 fully saturated rings. The van der Waals surface area contributed by atoms with Gasteiger partial charge in [0.05, 0.1) is 5.92 Å². The summed E-state index contributed by atoms with van der Waals surface area (Å²) in [6, 6.07) is 0. The van der Waals surface area contributed by atoms with Crippen LogP contribution in [-0.4, -0.2) is 46.5 Å². The van der Waals surface area contributed by atoms with E-state index in [-0.39, 0.29) is 17.7 Å². The van der Waals surface area contributed by atoms with E-state index in [0.29, 0.717) is 50.6 Å². The van der Waals surface area contributed by atoms with E-state index in [1.54, 1.807) is 4.90 Å². The van der Waals surface area contributed by atoms with Gasteiger partial charge in [-0.2, -0.15) is 4.98 Å². The van der Waals surface area contributed by atoms with Crippen molar-refractivity contribution in [2.45, 2.75) is 39.5 Å². The molecule has 116 valence electrons. The van der Waals surface area contributed by atoms with Crippen LogP contribution in [0.25, 0.3) is 0 Å². The maximum atomic E-state index is 12.1. The van der Waals surface area contributed by atoms with Crippen LogP contribution in [0.5, 0.6) is 0 Å². The zero-order valence-corrected chi connectivity index (χ0v) is 12.6. The van der Waals surface area contributed by atoms with E-state index in [1.807, 2.05) is 13.8 Å². The molecule has 1 aliphatic rings. The Balaban J connectivity index is 1.75. The normalized spacial score (nSPS) is 18.9. The Bertz CT molecular complexity index is 500. The lowest BCUT2D eigenvalue weighted by Gasteiger charge is -2.30. The van der Waals surface area contributed by atoms with Crippen molar-refractivity contribution in [3.8, 4) is 0 Å². The highest BCUT2D eigenvalue weighted by atomic mass is 16.5. The second-order valence-electron chi connectivity index (χ2n) is 5.17. The Morgan fingerprint density at radius 1 is 1.48 bits per heavy atom. The van der Waals surface area contributed by atoms with Crippen LogP contribution >= 0.6 is 0 Å². The van der Waals surface area contributed by atoms with Crippen molar-refractivity contribution in [2.24, 2.45) is 5.92 Å². The molecule has 1 aromatic heterocycles. The van der Waals surface area contributed by atoms with Crippen LogP contribution < -0.4 is 5.32 Å². The molecule has 7 nitrogen and oxygen atoms in total. The molecule has 0 spiro atoms. The number of amides is 2. The molecular weight excluding hydrogens is 272 g/mol. The molecule has 7 heteroatoms. The zero-order valence-electron chi connectivity index (χ0n) is 12.6. The quantitative estimate of drug-likeness (QED) is 0.827. The van der Waals surface area contributed by atoms with Gasteiger partial charge in [0.25, 0.3) is 0 Å². The Kier molecular flexibility index (Phi) is 5.30. The number of nitrogens with zero attached hydrogens (tertiary/aromatic N) is 3.